The molecular weight excluding hydrogens is 791 g/mol. The predicted molar refractivity (Wildman–Crippen MR) is 225 cm³/mol. The first-order valence-electron chi connectivity index (χ1n) is 21.4. The van der Waals surface area contributed by atoms with Gasteiger partial charge in [0.15, 0.2) is 5.82 Å². The van der Waals surface area contributed by atoms with Crippen molar-refractivity contribution in [2.45, 2.75) is 153 Å². The molecule has 0 radical (unpaired) electrons. The van der Waals surface area contributed by atoms with E-state index in [4.69, 9.17) is 33.7 Å². The first-order valence-corrected chi connectivity index (χ1v) is 22.9. The first kappa shape index (κ1) is 49.0. The summed E-state index contributed by atoms with van der Waals surface area (Å²) in [5, 5.41) is 45.7. The number of aryl methyl sites for hydroxylation is 1. The number of methoxy groups -OCH3 is 1. The lowest BCUT2D eigenvalue weighted by molar-refractivity contribution is -0.0690. The van der Waals surface area contributed by atoms with Crippen LogP contribution in [0.15, 0.2) is 30.6 Å². The first-order chi connectivity index (χ1) is 29.0. The van der Waals surface area contributed by atoms with Gasteiger partial charge in [0.25, 0.3) is 0 Å². The molecule has 6 atom stereocenters. The molecule has 1 fully saturated rings. The highest BCUT2D eigenvalue weighted by Gasteiger charge is 2.58. The van der Waals surface area contributed by atoms with E-state index < -0.39 is 51.1 Å². The zero-order valence-corrected chi connectivity index (χ0v) is 36.4. The van der Waals surface area contributed by atoms with Gasteiger partial charge in [0, 0.05) is 6.61 Å². The molecule has 0 saturated carbocycles. The fraction of sp³-hybridized carbons (Fsp3) is 0.674. The van der Waals surface area contributed by atoms with E-state index in [-0.39, 0.29) is 24.7 Å². The molecule has 0 spiro atoms. The lowest BCUT2D eigenvalue weighted by atomic mass is 9.92. The molecule has 332 valence electrons. The predicted octanol–water partition coefficient (Wildman–Crippen LogP) is 7.34. The van der Waals surface area contributed by atoms with Gasteiger partial charge in [0.2, 0.25) is 5.60 Å². The van der Waals surface area contributed by atoms with E-state index in [1.54, 1.807) is 19.1 Å². The van der Waals surface area contributed by atoms with Gasteiger partial charge >= 0.3 is 7.82 Å². The Morgan fingerprint density at radius 3 is 2.18 bits per heavy atom. The molecule has 1 aliphatic heterocycles. The van der Waals surface area contributed by atoms with Crippen LogP contribution in [0, 0.1) is 29.6 Å². The summed E-state index contributed by atoms with van der Waals surface area (Å²) in [7, 11) is -3.32. The number of hydrogen-bond donors (Lipinski definition) is 4. The Hall–Kier alpha value is -3.67. The van der Waals surface area contributed by atoms with E-state index in [2.05, 4.69) is 23.1 Å². The van der Waals surface area contributed by atoms with Gasteiger partial charge in [-0.15, -0.1) is 0 Å². The summed E-state index contributed by atoms with van der Waals surface area (Å²) in [5.41, 5.74) is 6.06. The monoisotopic (exact) mass is 856 g/mol. The Balaban J connectivity index is 1.23. The summed E-state index contributed by atoms with van der Waals surface area (Å²) in [6, 6.07) is 10.5. The van der Waals surface area contributed by atoms with Crippen LogP contribution in [0.3, 0.4) is 0 Å². The lowest BCUT2D eigenvalue weighted by Gasteiger charge is -2.24. The zero-order chi connectivity index (χ0) is 43.4. The van der Waals surface area contributed by atoms with Crippen LogP contribution in [0.25, 0.3) is 5.52 Å². The zero-order valence-electron chi connectivity index (χ0n) is 35.5. The van der Waals surface area contributed by atoms with Gasteiger partial charge in [-0.2, -0.15) is 15.6 Å². The largest absolute Gasteiger partial charge is 0.495 e. The number of fused-ring (bicyclic) bond motifs is 1. The smallest absolute Gasteiger partial charge is 0.472 e. The van der Waals surface area contributed by atoms with Gasteiger partial charge < -0.3 is 39.8 Å². The lowest BCUT2D eigenvalue weighted by Crippen LogP contribution is -2.41. The van der Waals surface area contributed by atoms with Crippen LogP contribution in [-0.4, -0.2) is 87.7 Å². The van der Waals surface area contributed by atoms with E-state index in [0.717, 1.165) is 19.3 Å². The maximum atomic E-state index is 13.1. The maximum absolute atomic E-state index is 13.1. The Kier molecular flexibility index (Phi) is 20.7. The fourth-order valence-electron chi connectivity index (χ4n) is 7.47. The fourth-order valence-corrected chi connectivity index (χ4v) is 8.24. The minimum Gasteiger partial charge on any atom is -0.495 e. The summed E-state index contributed by atoms with van der Waals surface area (Å²) >= 11 is 0. The van der Waals surface area contributed by atoms with Crippen LogP contribution in [-0.2, 0) is 40.0 Å². The number of benzene rings is 1. The Bertz CT molecular complexity index is 1880. The van der Waals surface area contributed by atoms with Crippen molar-refractivity contribution in [1.29, 1.82) is 10.5 Å². The van der Waals surface area contributed by atoms with Gasteiger partial charge in [-0.1, -0.05) is 109 Å². The van der Waals surface area contributed by atoms with Crippen molar-refractivity contribution in [3.8, 4) is 17.9 Å². The number of anilines is 1. The SMILES string of the molecule is CCCCCCCCCCCCCCCCCCOC[C@H](COP(=O)(O)OC[C@H]1O[C@@](C#N)(c2ccc3c(N)ncnn23)[C@H](O)[C@@H]1O)OCc1cc(C)c(C#N)c(OC)c1. The second-order valence-corrected chi connectivity index (χ2v) is 17.0. The number of phosphoric acid groups is 1. The summed E-state index contributed by atoms with van der Waals surface area (Å²) in [5.74, 6) is 0.525. The van der Waals surface area contributed by atoms with Crippen molar-refractivity contribution >= 4 is 19.2 Å². The molecule has 1 saturated heterocycles. The topological polar surface area (TPSA) is 237 Å². The Morgan fingerprint density at radius 2 is 1.58 bits per heavy atom. The van der Waals surface area contributed by atoms with E-state index in [1.807, 2.05) is 6.07 Å². The number of rotatable bonds is 30. The van der Waals surface area contributed by atoms with Crippen molar-refractivity contribution < 1.29 is 47.7 Å². The Morgan fingerprint density at radius 1 is 0.950 bits per heavy atom. The normalized spacial score (nSPS) is 20.5. The van der Waals surface area contributed by atoms with Crippen LogP contribution in [0.4, 0.5) is 5.82 Å². The van der Waals surface area contributed by atoms with Crippen LogP contribution < -0.4 is 10.5 Å². The van der Waals surface area contributed by atoms with Gasteiger partial charge in [-0.05, 0) is 42.7 Å². The number of aromatic nitrogens is 3. The molecular formula is C43H65N6O10P. The molecule has 60 heavy (non-hydrogen) atoms. The van der Waals surface area contributed by atoms with Crippen molar-refractivity contribution in [3.05, 3.63) is 53.0 Å². The average Bonchev–Trinajstić information content (AvgIpc) is 3.79. The second kappa shape index (κ2) is 25.3. The van der Waals surface area contributed by atoms with E-state index in [1.165, 1.54) is 114 Å². The summed E-state index contributed by atoms with van der Waals surface area (Å²) in [6.07, 6.45) is 15.8. The number of ether oxygens (including phenoxy) is 4. The van der Waals surface area contributed by atoms with Crippen molar-refractivity contribution in [1.82, 2.24) is 14.6 Å². The summed E-state index contributed by atoms with van der Waals surface area (Å²) in [6.45, 7) is 3.55. The number of nitrogen functional groups attached to an aromatic ring is 1. The third kappa shape index (κ3) is 14.2. The molecule has 17 heteroatoms. The molecule has 0 amide bonds. The highest BCUT2D eigenvalue weighted by molar-refractivity contribution is 7.47. The molecule has 1 unspecified atom stereocenters. The van der Waals surface area contributed by atoms with E-state index >= 15 is 0 Å². The number of nitrogens with zero attached hydrogens (tertiary/aromatic N) is 5. The number of phosphoric ester groups is 1. The molecule has 3 aromatic rings. The van der Waals surface area contributed by atoms with Crippen LogP contribution in [0.2, 0.25) is 0 Å². The van der Waals surface area contributed by atoms with E-state index in [9.17, 15) is 30.2 Å². The molecule has 0 aliphatic carbocycles. The number of nitrogens with two attached hydrogens (primary N) is 1. The minimum atomic E-state index is -4.80. The quantitative estimate of drug-likeness (QED) is 0.0379. The number of unbranched alkanes of at least 4 members (excludes halogenated alkanes) is 15. The van der Waals surface area contributed by atoms with Gasteiger partial charge in [0.05, 0.1) is 44.8 Å². The average molecular weight is 857 g/mol. The maximum Gasteiger partial charge on any atom is 0.472 e. The summed E-state index contributed by atoms with van der Waals surface area (Å²) < 4.78 is 48.2. The van der Waals surface area contributed by atoms with Crippen LogP contribution in [0.1, 0.15) is 132 Å². The second-order valence-electron chi connectivity index (χ2n) is 15.6. The Labute approximate surface area is 354 Å². The third-order valence-electron chi connectivity index (χ3n) is 10.9. The highest BCUT2D eigenvalue weighted by atomic mass is 31.2. The van der Waals surface area contributed by atoms with E-state index in [0.29, 0.717) is 34.6 Å². The summed E-state index contributed by atoms with van der Waals surface area (Å²) in [4.78, 5) is 14.6. The van der Waals surface area contributed by atoms with Crippen molar-refractivity contribution in [2.24, 2.45) is 0 Å². The molecule has 3 heterocycles. The van der Waals surface area contributed by atoms with Crippen LogP contribution >= 0.6 is 7.82 Å². The number of nitriles is 2. The molecule has 1 aliphatic rings. The van der Waals surface area contributed by atoms with Gasteiger partial charge in [-0.25, -0.2) is 14.1 Å². The van der Waals surface area contributed by atoms with Crippen molar-refractivity contribution in [3.63, 3.8) is 0 Å². The number of hydrogen-bond acceptors (Lipinski definition) is 14. The minimum absolute atomic E-state index is 0.0613. The number of aliphatic hydroxyl groups excluding tert-OH is 2. The molecule has 4 rings (SSSR count). The highest BCUT2D eigenvalue weighted by Crippen LogP contribution is 2.46. The standard InChI is InChI=1S/C43H65N6O10P/c1-4-5-6-7-8-9-10-11-12-13-14-15-16-17-18-19-22-55-27-34(56-26-33-23-32(2)35(25-44)37(24-33)54-3)28-57-60(52,53)58-29-38-40(50)41(51)43(30-45,59-38)39-21-20-36-42(46)47-31-48-49(36)39/h20-21,23-24,31,34,38,40-41,50-51H,4-19,22,26-29H2,1-3H3,(H,52,53)(H2,46,47,48)/t34-,38-,40-,41-,43+/m1/s1. The van der Waals surface area contributed by atoms with Gasteiger partial charge in [-0.3, -0.25) is 9.05 Å². The molecule has 16 nitrogen and oxygen atoms in total. The molecule has 5 N–H and O–H groups in total. The van der Waals surface area contributed by atoms with Crippen molar-refractivity contribution in [2.75, 3.05) is 39.3 Å². The van der Waals surface area contributed by atoms with Gasteiger partial charge in [0.1, 0.15) is 54.1 Å². The molecule has 2 aromatic heterocycles. The molecule has 1 aromatic carbocycles. The number of aliphatic hydroxyl groups is 2. The third-order valence-corrected chi connectivity index (χ3v) is 11.9. The molecule has 0 bridgehead atoms. The van der Waals surface area contributed by atoms with Crippen LogP contribution in [0.5, 0.6) is 5.75 Å².